The van der Waals surface area contributed by atoms with E-state index >= 15 is 0 Å². The average Bonchev–Trinajstić information content (AvgIpc) is 2.75. The Balaban J connectivity index is 2.23. The van der Waals surface area contributed by atoms with Gasteiger partial charge in [0.1, 0.15) is 0 Å². The van der Waals surface area contributed by atoms with Crippen molar-refractivity contribution in [3.8, 4) is 0 Å². The van der Waals surface area contributed by atoms with Gasteiger partial charge in [-0.05, 0) is 24.8 Å². The van der Waals surface area contributed by atoms with Crippen LogP contribution in [0, 0.1) is 0 Å². The molecule has 1 aromatic rings. The Hall–Kier alpha value is -1.58. The van der Waals surface area contributed by atoms with E-state index in [1.165, 1.54) is 12.7 Å². The van der Waals surface area contributed by atoms with E-state index in [1.807, 2.05) is 6.07 Å². The van der Waals surface area contributed by atoms with Crippen molar-refractivity contribution in [3.63, 3.8) is 0 Å². The maximum absolute atomic E-state index is 11.7. The summed E-state index contributed by atoms with van der Waals surface area (Å²) in [5, 5.41) is 0. The lowest BCUT2D eigenvalue weighted by atomic mass is 10.2. The van der Waals surface area contributed by atoms with Crippen LogP contribution < -0.4 is 5.56 Å². The van der Waals surface area contributed by atoms with Crippen LogP contribution in [0.1, 0.15) is 24.1 Å². The first-order chi connectivity index (χ1) is 7.72. The number of esters is 1. The number of carbonyl (C=O) groups is 1. The third-order valence-corrected chi connectivity index (χ3v) is 3.02. The van der Waals surface area contributed by atoms with Crippen molar-refractivity contribution in [1.29, 1.82) is 0 Å². The van der Waals surface area contributed by atoms with Crippen molar-refractivity contribution >= 4 is 5.97 Å². The van der Waals surface area contributed by atoms with E-state index in [-0.39, 0.29) is 17.9 Å². The van der Waals surface area contributed by atoms with Gasteiger partial charge in [-0.3, -0.25) is 9.59 Å². The first-order valence-electron chi connectivity index (χ1n) is 5.51. The van der Waals surface area contributed by atoms with Crippen LogP contribution in [0.4, 0.5) is 0 Å². The second-order valence-electron chi connectivity index (χ2n) is 3.97. The summed E-state index contributed by atoms with van der Waals surface area (Å²) in [6, 6.07) is 3.49. The van der Waals surface area contributed by atoms with Crippen LogP contribution in [0.2, 0.25) is 0 Å². The summed E-state index contributed by atoms with van der Waals surface area (Å²) in [5.41, 5.74) is 2.31. The summed E-state index contributed by atoms with van der Waals surface area (Å²) in [6.07, 6.45) is 3.32. The molecule has 0 aromatic carbocycles. The number of aromatic nitrogens is 1. The lowest BCUT2D eigenvalue weighted by Crippen LogP contribution is -2.24. The standard InChI is InChI=1S/C12H15NO3/c1-16-12(15)7-8-13-10-4-2-3-9(10)5-6-11(13)14/h5-6H,2-4,7-8H2,1H3. The number of nitrogens with zero attached hydrogens (tertiary/aromatic N) is 1. The fourth-order valence-electron chi connectivity index (χ4n) is 2.18. The van der Waals surface area contributed by atoms with E-state index < -0.39 is 0 Å². The van der Waals surface area contributed by atoms with E-state index in [0.717, 1.165) is 25.0 Å². The Morgan fingerprint density at radius 1 is 1.44 bits per heavy atom. The van der Waals surface area contributed by atoms with Gasteiger partial charge in [-0.25, -0.2) is 0 Å². The fraction of sp³-hybridized carbons (Fsp3) is 0.500. The van der Waals surface area contributed by atoms with E-state index in [0.29, 0.717) is 6.54 Å². The summed E-state index contributed by atoms with van der Waals surface area (Å²) in [4.78, 5) is 22.7. The van der Waals surface area contributed by atoms with Crippen molar-refractivity contribution in [2.75, 3.05) is 7.11 Å². The third kappa shape index (κ3) is 2.01. The molecule has 0 saturated heterocycles. The predicted molar refractivity (Wildman–Crippen MR) is 59.4 cm³/mol. The summed E-state index contributed by atoms with van der Waals surface area (Å²) < 4.78 is 6.28. The van der Waals surface area contributed by atoms with Crippen molar-refractivity contribution in [1.82, 2.24) is 4.57 Å². The van der Waals surface area contributed by atoms with Crippen molar-refractivity contribution in [2.45, 2.75) is 32.2 Å². The molecule has 4 heteroatoms. The zero-order valence-electron chi connectivity index (χ0n) is 9.36. The molecule has 1 heterocycles. The molecule has 0 radical (unpaired) electrons. The molecule has 0 atom stereocenters. The molecule has 0 N–H and O–H groups in total. The highest BCUT2D eigenvalue weighted by atomic mass is 16.5. The van der Waals surface area contributed by atoms with E-state index in [2.05, 4.69) is 4.74 Å². The second-order valence-corrected chi connectivity index (χ2v) is 3.97. The highest BCUT2D eigenvalue weighted by Gasteiger charge is 2.16. The minimum atomic E-state index is -0.275. The summed E-state index contributed by atoms with van der Waals surface area (Å²) >= 11 is 0. The predicted octanol–water partition coefficient (Wildman–Crippen LogP) is 0.900. The summed E-state index contributed by atoms with van der Waals surface area (Å²) in [5.74, 6) is -0.275. The smallest absolute Gasteiger partial charge is 0.307 e. The molecule has 0 bridgehead atoms. The topological polar surface area (TPSA) is 48.3 Å². The molecule has 0 unspecified atom stereocenters. The number of pyridine rings is 1. The number of fused-ring (bicyclic) bond motifs is 1. The van der Waals surface area contributed by atoms with Crippen LogP contribution in [0.25, 0.3) is 0 Å². The van der Waals surface area contributed by atoms with Gasteiger partial charge in [0.2, 0.25) is 0 Å². The number of hydrogen-bond acceptors (Lipinski definition) is 3. The maximum atomic E-state index is 11.7. The number of aryl methyl sites for hydroxylation is 1. The number of hydrogen-bond donors (Lipinski definition) is 0. The molecule has 0 aliphatic heterocycles. The van der Waals surface area contributed by atoms with Crippen molar-refractivity contribution < 1.29 is 9.53 Å². The van der Waals surface area contributed by atoms with E-state index in [4.69, 9.17) is 0 Å². The van der Waals surface area contributed by atoms with Crippen LogP contribution in [0.15, 0.2) is 16.9 Å². The molecule has 0 spiro atoms. The van der Waals surface area contributed by atoms with Gasteiger partial charge in [0.05, 0.1) is 13.5 Å². The van der Waals surface area contributed by atoms with Gasteiger partial charge in [-0.2, -0.15) is 0 Å². The highest BCUT2D eigenvalue weighted by molar-refractivity contribution is 5.69. The fourth-order valence-corrected chi connectivity index (χ4v) is 2.18. The Morgan fingerprint density at radius 3 is 3.00 bits per heavy atom. The summed E-state index contributed by atoms with van der Waals surface area (Å²) in [7, 11) is 1.36. The zero-order chi connectivity index (χ0) is 11.5. The molecule has 86 valence electrons. The lowest BCUT2D eigenvalue weighted by Gasteiger charge is -2.10. The molecule has 16 heavy (non-hydrogen) atoms. The van der Waals surface area contributed by atoms with Gasteiger partial charge < -0.3 is 9.30 Å². The molecule has 0 amide bonds. The number of rotatable bonds is 3. The van der Waals surface area contributed by atoms with E-state index in [9.17, 15) is 9.59 Å². The third-order valence-electron chi connectivity index (χ3n) is 3.02. The Labute approximate surface area is 93.8 Å². The Bertz CT molecular complexity index is 462. The van der Waals surface area contributed by atoms with Crippen LogP contribution in [0.3, 0.4) is 0 Å². The quantitative estimate of drug-likeness (QED) is 0.712. The number of carbonyl (C=O) groups excluding carboxylic acids is 1. The Kier molecular flexibility index (Phi) is 3.08. The average molecular weight is 221 g/mol. The number of methoxy groups -OCH3 is 1. The molecule has 1 aliphatic rings. The Morgan fingerprint density at radius 2 is 2.25 bits per heavy atom. The minimum absolute atomic E-state index is 0.0236. The largest absolute Gasteiger partial charge is 0.469 e. The molecule has 2 rings (SSSR count). The van der Waals surface area contributed by atoms with Crippen LogP contribution in [-0.2, 0) is 28.9 Å². The molecular weight excluding hydrogens is 206 g/mol. The van der Waals surface area contributed by atoms with Gasteiger partial charge in [0, 0.05) is 18.3 Å². The molecule has 1 aliphatic carbocycles. The molecule has 0 saturated carbocycles. The zero-order valence-corrected chi connectivity index (χ0v) is 9.36. The first kappa shape index (κ1) is 10.9. The monoisotopic (exact) mass is 221 g/mol. The normalized spacial score (nSPS) is 13.6. The van der Waals surface area contributed by atoms with Crippen LogP contribution in [-0.4, -0.2) is 17.6 Å². The lowest BCUT2D eigenvalue weighted by molar-refractivity contribution is -0.140. The SMILES string of the molecule is COC(=O)CCn1c2c(ccc1=O)CCC2. The molecular formula is C12H15NO3. The maximum Gasteiger partial charge on any atom is 0.307 e. The van der Waals surface area contributed by atoms with Gasteiger partial charge in [0.15, 0.2) is 0 Å². The minimum Gasteiger partial charge on any atom is -0.469 e. The van der Waals surface area contributed by atoms with E-state index in [1.54, 1.807) is 10.6 Å². The van der Waals surface area contributed by atoms with Gasteiger partial charge >= 0.3 is 5.97 Å². The van der Waals surface area contributed by atoms with Gasteiger partial charge in [0.25, 0.3) is 5.56 Å². The molecule has 0 fully saturated rings. The van der Waals surface area contributed by atoms with Crippen molar-refractivity contribution in [2.24, 2.45) is 0 Å². The highest BCUT2D eigenvalue weighted by Crippen LogP contribution is 2.19. The summed E-state index contributed by atoms with van der Waals surface area (Å²) in [6.45, 7) is 0.425. The van der Waals surface area contributed by atoms with Gasteiger partial charge in [-0.1, -0.05) is 6.07 Å². The van der Waals surface area contributed by atoms with Crippen molar-refractivity contribution in [3.05, 3.63) is 33.7 Å². The van der Waals surface area contributed by atoms with Crippen LogP contribution in [0.5, 0.6) is 0 Å². The molecule has 1 aromatic heterocycles. The van der Waals surface area contributed by atoms with Gasteiger partial charge in [-0.15, -0.1) is 0 Å². The molecule has 4 nitrogen and oxygen atoms in total. The van der Waals surface area contributed by atoms with Crippen LogP contribution >= 0.6 is 0 Å². The number of ether oxygens (including phenoxy) is 1. The first-order valence-corrected chi connectivity index (χ1v) is 5.51. The second kappa shape index (κ2) is 4.51.